The van der Waals surface area contributed by atoms with Crippen LogP contribution >= 0.6 is 0 Å². The first-order chi connectivity index (χ1) is 1.00. The SMILES string of the molecule is O.O.O.O.O.O.O.O.O.O.[C-]#N.[Fe]. The third-order valence-electron chi connectivity index (χ3n) is 0. The van der Waals surface area contributed by atoms with E-state index in [-0.39, 0.29) is 71.8 Å². The Labute approximate surface area is 84.5 Å². The molecule has 0 amide bonds. The van der Waals surface area contributed by atoms with Gasteiger partial charge in [-0.3, -0.25) is 0 Å². The van der Waals surface area contributed by atoms with E-state index in [2.05, 4.69) is 0 Å². The van der Waals surface area contributed by atoms with Gasteiger partial charge in [-0.25, -0.2) is 0 Å². The van der Waals surface area contributed by atoms with Crippen LogP contribution in [0.25, 0.3) is 0 Å². The minimum absolute atomic E-state index is 0. The minimum Gasteiger partial charge on any atom is -0.512 e. The van der Waals surface area contributed by atoms with Crippen LogP contribution in [0, 0.1) is 11.8 Å². The van der Waals surface area contributed by atoms with Crippen LogP contribution in [0.4, 0.5) is 0 Å². The van der Waals surface area contributed by atoms with E-state index in [0.29, 0.717) is 0 Å². The molecule has 98 valence electrons. The topological polar surface area (TPSA) is 339 Å². The van der Waals surface area contributed by atoms with Crippen LogP contribution < -0.4 is 0 Å². The summed E-state index contributed by atoms with van der Waals surface area (Å²) in [6.07, 6.45) is 0. The number of hydrogen-bond donors (Lipinski definition) is 0. The predicted molar refractivity (Wildman–Crippen MR) is 41.1 cm³/mol. The summed E-state index contributed by atoms with van der Waals surface area (Å²) in [4.78, 5) is 0. The molecule has 0 unspecified atom stereocenters. The summed E-state index contributed by atoms with van der Waals surface area (Å²) in [7, 11) is 0. The summed E-state index contributed by atoms with van der Waals surface area (Å²) >= 11 is 0. The molecule has 0 aromatic carbocycles. The van der Waals surface area contributed by atoms with E-state index in [9.17, 15) is 0 Å². The molecule has 0 bridgehead atoms. The Bertz CT molecular complexity index is 19.6. The van der Waals surface area contributed by atoms with Crippen molar-refractivity contribution >= 4 is 0 Å². The van der Waals surface area contributed by atoms with E-state index in [1.807, 2.05) is 0 Å². The Morgan fingerprint density at radius 1 is 0.385 bits per heavy atom. The van der Waals surface area contributed by atoms with Gasteiger partial charge in [0.2, 0.25) is 0 Å². The molecule has 0 rings (SSSR count). The van der Waals surface area contributed by atoms with E-state index < -0.39 is 0 Å². The van der Waals surface area contributed by atoms with E-state index in [1.54, 1.807) is 0 Å². The summed E-state index contributed by atoms with van der Waals surface area (Å²) in [5, 5.41) is 6.25. The van der Waals surface area contributed by atoms with Gasteiger partial charge < -0.3 is 66.6 Å². The molecule has 0 aromatic heterocycles. The van der Waals surface area contributed by atoms with Crippen LogP contribution in [0.1, 0.15) is 0 Å². The third kappa shape index (κ3) is 7030. The summed E-state index contributed by atoms with van der Waals surface area (Å²) in [5.74, 6) is 0. The van der Waals surface area contributed by atoms with Crippen molar-refractivity contribution in [2.45, 2.75) is 0 Å². The van der Waals surface area contributed by atoms with Crippen LogP contribution in [0.2, 0.25) is 0 Å². The summed E-state index contributed by atoms with van der Waals surface area (Å²) < 4.78 is 0. The Balaban J connectivity index is -0.0000000000909. The molecule has 0 radical (unpaired) electrons. The van der Waals surface area contributed by atoms with Gasteiger partial charge in [-0.05, 0) is 0 Å². The molecule has 0 aliphatic heterocycles. The van der Waals surface area contributed by atoms with Gasteiger partial charge in [-0.15, -0.1) is 0 Å². The van der Waals surface area contributed by atoms with Crippen molar-refractivity contribution in [3.63, 3.8) is 0 Å². The van der Waals surface area contributed by atoms with Crippen molar-refractivity contribution in [1.82, 2.24) is 0 Å². The average molecular weight is 262 g/mol. The van der Waals surface area contributed by atoms with Gasteiger partial charge in [0.05, 0.1) is 0 Å². The normalized spacial score (nSPS) is 0.154. The predicted octanol–water partition coefficient (Wildman–Crippen LogP) is -8.15. The Kier molecular flexibility index (Phi) is 3020000. The Morgan fingerprint density at radius 3 is 0.385 bits per heavy atom. The first-order valence-corrected chi connectivity index (χ1v) is 0.224. The molecule has 13 heavy (non-hydrogen) atoms. The van der Waals surface area contributed by atoms with Crippen molar-refractivity contribution in [1.29, 1.82) is 5.26 Å². The molecular weight excluding hydrogens is 242 g/mol. The second kappa shape index (κ2) is 8570. The zero-order valence-corrected chi connectivity index (χ0v) is 7.40. The van der Waals surface area contributed by atoms with E-state index in [4.69, 9.17) is 11.8 Å². The standard InChI is InChI=1S/CN.Fe.10H2O/c1-2;;;;;;;;;;;/h;;10*1H2/q-1;;;;;;;;;;;. The van der Waals surface area contributed by atoms with Crippen molar-refractivity contribution in [2.24, 2.45) is 0 Å². The van der Waals surface area contributed by atoms with Crippen molar-refractivity contribution in [3.8, 4) is 0 Å². The van der Waals surface area contributed by atoms with E-state index in [1.165, 1.54) is 0 Å². The van der Waals surface area contributed by atoms with Gasteiger partial charge in [0.1, 0.15) is 0 Å². The van der Waals surface area contributed by atoms with Gasteiger partial charge in [0.15, 0.2) is 0 Å². The zero-order chi connectivity index (χ0) is 2.00. The maximum absolute atomic E-state index is 6.25. The Hall–Kier alpha value is -0.391. The second-order valence-electron chi connectivity index (χ2n) is 0. The van der Waals surface area contributed by atoms with Crippen molar-refractivity contribution < 1.29 is 71.8 Å². The zero-order valence-electron chi connectivity index (χ0n) is 6.30. The van der Waals surface area contributed by atoms with Crippen molar-refractivity contribution in [2.75, 3.05) is 0 Å². The van der Waals surface area contributed by atoms with Gasteiger partial charge in [-0.2, -0.15) is 0 Å². The maximum atomic E-state index is 6.25. The first kappa shape index (κ1) is 4580. The largest absolute Gasteiger partial charge is 0.512 e. The van der Waals surface area contributed by atoms with Crippen LogP contribution in [0.15, 0.2) is 0 Å². The van der Waals surface area contributed by atoms with Crippen LogP contribution in [0.3, 0.4) is 0 Å². The average Bonchev–Trinajstić information content (AvgIpc) is 1.00. The number of hydrogen-bond acceptors (Lipinski definition) is 1. The summed E-state index contributed by atoms with van der Waals surface area (Å²) in [5.41, 5.74) is 0. The fraction of sp³-hybridized carbons (Fsp3) is 0. The maximum Gasteiger partial charge on any atom is 0 e. The molecule has 0 spiro atoms. The molecule has 0 aromatic rings. The first-order valence-electron chi connectivity index (χ1n) is 0.224. The molecule has 0 aliphatic rings. The van der Waals surface area contributed by atoms with Crippen LogP contribution in [-0.2, 0) is 17.1 Å². The fourth-order valence-corrected chi connectivity index (χ4v) is 0. The molecule has 20 N–H and O–H groups in total. The minimum atomic E-state index is 0. The van der Waals surface area contributed by atoms with Crippen LogP contribution in [-0.4, -0.2) is 54.8 Å². The molecule has 0 aliphatic carbocycles. The molecule has 0 saturated carbocycles. The monoisotopic (exact) mass is 262 g/mol. The second-order valence-corrected chi connectivity index (χ2v) is 0. The van der Waals surface area contributed by atoms with Gasteiger partial charge in [-0.1, -0.05) is 0 Å². The summed E-state index contributed by atoms with van der Waals surface area (Å²) in [6.45, 7) is 4.75. The molecular formula is CH20FeNO10-. The van der Waals surface area contributed by atoms with E-state index >= 15 is 0 Å². The van der Waals surface area contributed by atoms with Gasteiger partial charge in [0, 0.05) is 17.1 Å². The van der Waals surface area contributed by atoms with Crippen molar-refractivity contribution in [3.05, 3.63) is 6.57 Å². The quantitative estimate of drug-likeness (QED) is 0.297. The molecule has 0 atom stereocenters. The molecule has 0 saturated heterocycles. The molecule has 12 heteroatoms. The smallest absolute Gasteiger partial charge is 0 e. The Morgan fingerprint density at radius 2 is 0.385 bits per heavy atom. The molecule has 11 nitrogen and oxygen atoms in total. The number of rotatable bonds is 0. The summed E-state index contributed by atoms with van der Waals surface area (Å²) in [6, 6.07) is 0. The third-order valence-corrected chi connectivity index (χ3v) is 0. The number of nitrogens with zero attached hydrogens (tertiary/aromatic N) is 1. The van der Waals surface area contributed by atoms with E-state index in [0.717, 1.165) is 0 Å². The van der Waals surface area contributed by atoms with Gasteiger partial charge >= 0.3 is 0 Å². The van der Waals surface area contributed by atoms with Crippen LogP contribution in [0.5, 0.6) is 0 Å². The fourth-order valence-electron chi connectivity index (χ4n) is 0. The van der Waals surface area contributed by atoms with Gasteiger partial charge in [0.25, 0.3) is 0 Å². The molecule has 0 heterocycles. The molecule has 0 fully saturated rings.